The third kappa shape index (κ3) is 19.6. The quantitative estimate of drug-likeness (QED) is 0.0516. The molecular weight excluding hydrogens is 1510 g/mol. The van der Waals surface area contributed by atoms with Crippen LogP contribution in [0.3, 0.4) is 0 Å². The Balaban J connectivity index is 0.000000249. The molecule has 8 rings (SSSR count). The second-order valence-corrected chi connectivity index (χ2v) is 38.9. The van der Waals surface area contributed by atoms with Gasteiger partial charge in [0.2, 0.25) is 29.5 Å². The van der Waals surface area contributed by atoms with Crippen molar-refractivity contribution in [3.63, 3.8) is 0 Å². The number of thiazole rings is 1. The molecule has 38 heteroatoms. The average Bonchev–Trinajstić information content (AvgIpc) is 0.791. The molecule has 0 unspecified atom stereocenters. The molecule has 566 valence electrons. The number of carbonyl (C=O) groups is 4. The Labute approximate surface area is 603 Å². The third-order valence-corrected chi connectivity index (χ3v) is 25.9. The van der Waals surface area contributed by atoms with Crippen LogP contribution in [0.15, 0.2) is 137 Å². The summed E-state index contributed by atoms with van der Waals surface area (Å²) >= 11 is 6.95. The Morgan fingerprint density at radius 2 is 0.846 bits per heavy atom. The van der Waals surface area contributed by atoms with E-state index in [1.54, 1.807) is 0 Å². The molecule has 4 amide bonds. The molecule has 5 heterocycles. The maximum Gasteiger partial charge on any atom is 0.417 e. The van der Waals surface area contributed by atoms with E-state index in [1.807, 2.05) is 67.7 Å². The van der Waals surface area contributed by atoms with Gasteiger partial charge in [-0.15, -0.1) is 11.3 Å². The van der Waals surface area contributed by atoms with Crippen molar-refractivity contribution in [1.82, 2.24) is 25.3 Å². The lowest BCUT2D eigenvalue weighted by atomic mass is 9.92. The maximum atomic E-state index is 13.9. The minimum Gasteiger partial charge on any atom is -0.359 e. The first kappa shape index (κ1) is 86.0. The van der Waals surface area contributed by atoms with Gasteiger partial charge in [0.15, 0.2) is 50.3 Å². The molecule has 0 bridgehead atoms. The van der Waals surface area contributed by atoms with Crippen LogP contribution >= 0.6 is 22.9 Å². The largest absolute Gasteiger partial charge is 0.417 e. The van der Waals surface area contributed by atoms with Crippen LogP contribution in [0.4, 0.5) is 62.2 Å². The predicted octanol–water partition coefficient (Wildman–Crippen LogP) is 14.1. The molecule has 104 heavy (non-hydrogen) atoms. The van der Waals surface area contributed by atoms with E-state index < -0.39 is 143 Å². The van der Waals surface area contributed by atoms with Crippen molar-refractivity contribution in [3.05, 3.63) is 172 Å². The number of rotatable bonds is 16. The van der Waals surface area contributed by atoms with Crippen molar-refractivity contribution in [2.45, 2.75) is 179 Å². The number of aromatic nitrogens is 5. The van der Waals surface area contributed by atoms with Gasteiger partial charge < -0.3 is 25.0 Å². The van der Waals surface area contributed by atoms with Crippen molar-refractivity contribution in [3.8, 4) is 0 Å². The number of carbonyl (C=O) groups excluding carboxylic acids is 4. The Morgan fingerprint density at radius 1 is 0.433 bits per heavy atom. The monoisotopic (exact) mass is 1580 g/mol. The fourth-order valence-corrected chi connectivity index (χ4v) is 14.6. The molecule has 0 aliphatic carbocycles. The number of alkyl halides is 3. The molecule has 0 atom stereocenters. The summed E-state index contributed by atoms with van der Waals surface area (Å²) in [4.78, 5) is 58.7. The van der Waals surface area contributed by atoms with Gasteiger partial charge in [-0.3, -0.25) is 24.5 Å². The van der Waals surface area contributed by atoms with Crippen LogP contribution < -0.4 is 21.3 Å². The van der Waals surface area contributed by atoms with E-state index in [9.17, 15) is 92.4 Å². The van der Waals surface area contributed by atoms with Gasteiger partial charge in [-0.05, 0) is 134 Å². The highest BCUT2D eigenvalue weighted by Crippen LogP contribution is 2.36. The summed E-state index contributed by atoms with van der Waals surface area (Å²) in [6, 6.07) is 13.0. The van der Waals surface area contributed by atoms with Crippen LogP contribution in [0.1, 0.15) is 140 Å². The summed E-state index contributed by atoms with van der Waals surface area (Å²) < 4.78 is 223. The summed E-state index contributed by atoms with van der Waals surface area (Å²) in [5, 5.41) is 19.2. The molecule has 0 saturated heterocycles. The fourth-order valence-electron chi connectivity index (χ4n) is 7.91. The van der Waals surface area contributed by atoms with Gasteiger partial charge >= 0.3 is 6.18 Å². The molecule has 3 aromatic carbocycles. The number of sulfone groups is 4. The second-order valence-electron chi connectivity index (χ2n) is 27.8. The van der Waals surface area contributed by atoms with Gasteiger partial charge in [-0.2, -0.15) is 13.2 Å². The van der Waals surface area contributed by atoms with Gasteiger partial charge in [0.1, 0.15) is 85.3 Å². The first-order chi connectivity index (χ1) is 47.1. The van der Waals surface area contributed by atoms with Gasteiger partial charge in [0.25, 0.3) is 0 Å². The lowest BCUT2D eigenvalue weighted by Crippen LogP contribution is -2.45. The molecule has 0 saturated carbocycles. The highest BCUT2D eigenvalue weighted by molar-refractivity contribution is 7.94. The molecule has 0 aliphatic heterocycles. The van der Waals surface area contributed by atoms with Crippen molar-refractivity contribution in [2.24, 2.45) is 0 Å². The first-order valence-electron chi connectivity index (χ1n) is 30.3. The molecule has 5 aromatic heterocycles. The molecule has 0 fully saturated rings. The number of halogens is 10. The summed E-state index contributed by atoms with van der Waals surface area (Å²) in [5.41, 5.74) is -0.522. The van der Waals surface area contributed by atoms with Gasteiger partial charge in [-0.25, -0.2) is 75.0 Å². The zero-order chi connectivity index (χ0) is 79.5. The number of hydrogen-bond acceptors (Lipinski definition) is 20. The lowest BCUT2D eigenvalue weighted by Gasteiger charge is -2.24. The normalized spacial score (nSPS) is 12.8. The topological polar surface area (TPSA) is 344 Å². The Hall–Kier alpha value is -8.65. The van der Waals surface area contributed by atoms with Crippen LogP contribution in [-0.4, -0.2) is 102 Å². The summed E-state index contributed by atoms with van der Waals surface area (Å²) in [5.74, 6) is -9.99. The maximum absolute atomic E-state index is 13.9. The zero-order valence-electron chi connectivity index (χ0n) is 58.7. The number of benzene rings is 3. The number of nitrogens with one attached hydrogen (secondary N) is 4. The molecule has 0 aliphatic rings. The van der Waals surface area contributed by atoms with Gasteiger partial charge in [0, 0.05) is 46.2 Å². The number of hydrogen-bond donors (Lipinski definition) is 4. The van der Waals surface area contributed by atoms with Crippen LogP contribution in [0.2, 0.25) is 5.15 Å². The molecule has 23 nitrogen and oxygen atoms in total. The van der Waals surface area contributed by atoms with Crippen molar-refractivity contribution >= 4 is 109 Å². The lowest BCUT2D eigenvalue weighted by molar-refractivity contribution is -0.137. The predicted molar refractivity (Wildman–Crippen MR) is 368 cm³/mol. The van der Waals surface area contributed by atoms with Gasteiger partial charge in [0.05, 0.1) is 21.8 Å². The van der Waals surface area contributed by atoms with Crippen molar-refractivity contribution < 1.29 is 101 Å². The number of nitrogens with zero attached hydrogens (tertiary/aromatic N) is 5. The highest BCUT2D eigenvalue weighted by Gasteiger charge is 2.48. The molecule has 0 spiro atoms. The summed E-state index contributed by atoms with van der Waals surface area (Å²) in [7, 11) is -17.7. The van der Waals surface area contributed by atoms with Crippen LogP contribution in [0, 0.1) is 34.9 Å². The second kappa shape index (κ2) is 31.2. The summed E-state index contributed by atoms with van der Waals surface area (Å²) in [6.07, 6.45) is -3.02. The molecular formula is C66H73ClF9N9O14S5. The zero-order valence-corrected chi connectivity index (χ0v) is 63.5. The van der Waals surface area contributed by atoms with Crippen LogP contribution in [0.25, 0.3) is 0 Å². The van der Waals surface area contributed by atoms with E-state index >= 15 is 0 Å². The standard InChI is InChI=1S/2C17H20F2N2O4S.C16H20ClN3O3S2.C16H13F5N2O3S/c1-16(2,3)13-9-14(21-25-13)20-15(22)17(4,5)26(23,24)12-8-10(18)6-7-11(12)19;1-16(2,3)13-9-14(25-21-13)20-15(22)17(4,5)26(23,24)12-8-10(18)6-7-11(12)19;1-15(2,3)11-9-24-14(19-11)20-13(21)16(4,5)25(22,23)10-6-7-12(17)18-8-10;1-15(2,27(25,26)12-7-10(17)4-5-11(12)18)14(24)23-13-6-3-9(8-22-13)16(19,20)21/h6-9H,1-5H3,(H,20,21,22);6-9H,1-5H3,(H,20,22);6-9H,1-5H3,(H,19,20,21);3-8H,1-2H3,(H,22,23,24). The SMILES string of the molecule is CC(C)(C(=O)Nc1ccc(C(F)(F)F)cn1)S(=O)(=O)c1cc(F)ccc1F.CC(C)(C)c1cc(NC(=O)C(C)(C)S(=O)(=O)c2cc(F)ccc2F)no1.CC(C)(C)c1cc(NC(=O)C(C)(C)S(=O)(=O)c2cc(F)ccc2F)on1.CC(C)(C)c1csc(NC(=O)C(C)(C)S(=O)(=O)c2ccc(Cl)nc2)n1. The van der Waals surface area contributed by atoms with Crippen LogP contribution in [-0.2, 0) is 80.9 Å². The number of pyridine rings is 2. The highest BCUT2D eigenvalue weighted by atomic mass is 35.5. The van der Waals surface area contributed by atoms with E-state index in [0.717, 1.165) is 71.6 Å². The van der Waals surface area contributed by atoms with E-state index in [2.05, 4.69) is 46.5 Å². The number of amides is 4. The van der Waals surface area contributed by atoms with E-state index in [0.29, 0.717) is 71.3 Å². The van der Waals surface area contributed by atoms with Crippen LogP contribution in [0.5, 0.6) is 0 Å². The Kier molecular flexibility index (Phi) is 25.8. The fraction of sp³-hybridized carbons (Fsp3) is 0.379. The molecule has 8 aromatic rings. The molecule has 4 N–H and O–H groups in total. The Morgan fingerprint density at radius 3 is 1.20 bits per heavy atom. The van der Waals surface area contributed by atoms with Gasteiger partial charge in [-0.1, -0.05) is 84.2 Å². The van der Waals surface area contributed by atoms with Crippen molar-refractivity contribution in [1.29, 1.82) is 0 Å². The smallest absolute Gasteiger partial charge is 0.359 e. The minimum absolute atomic E-state index is 0.0305. The third-order valence-electron chi connectivity index (χ3n) is 15.3. The van der Waals surface area contributed by atoms with Crippen molar-refractivity contribution in [2.75, 3.05) is 21.3 Å². The van der Waals surface area contributed by atoms with E-state index in [-0.39, 0.29) is 43.8 Å². The number of anilines is 4. The summed E-state index contributed by atoms with van der Waals surface area (Å²) in [6.45, 7) is 26.3. The van der Waals surface area contributed by atoms with E-state index in [1.165, 1.54) is 49.4 Å². The average molecular weight is 1580 g/mol. The first-order valence-corrected chi connectivity index (χ1v) is 37.5. The Bertz CT molecular complexity index is 4840. The van der Waals surface area contributed by atoms with E-state index in [4.69, 9.17) is 20.6 Å². The minimum atomic E-state index is -4.68. The molecule has 0 radical (unpaired) electrons.